The molecular formula is C22H15F3N4O2. The number of nitrogens with zero attached hydrogens (tertiary/aromatic N) is 2. The van der Waals surface area contributed by atoms with Crippen molar-refractivity contribution in [1.82, 2.24) is 9.97 Å². The summed E-state index contributed by atoms with van der Waals surface area (Å²) in [5.74, 6) is 1.12. The first-order chi connectivity index (χ1) is 14.9. The van der Waals surface area contributed by atoms with Gasteiger partial charge in [0.2, 0.25) is 5.95 Å². The molecule has 2 N–H and O–H groups in total. The van der Waals surface area contributed by atoms with E-state index in [1.165, 1.54) is 24.3 Å². The molecule has 0 aliphatic carbocycles. The van der Waals surface area contributed by atoms with E-state index in [9.17, 15) is 18.4 Å². The van der Waals surface area contributed by atoms with Crippen LogP contribution in [-0.2, 0) is 6.54 Å². The van der Waals surface area contributed by atoms with Gasteiger partial charge >= 0.3 is 6.36 Å². The van der Waals surface area contributed by atoms with Gasteiger partial charge in [-0.2, -0.15) is 5.26 Å². The average Bonchev–Trinajstić information content (AvgIpc) is 3.16. The quantitative estimate of drug-likeness (QED) is 0.413. The number of hydrogen-bond donors (Lipinski definition) is 2. The molecule has 0 spiro atoms. The second-order valence-corrected chi connectivity index (χ2v) is 6.52. The van der Waals surface area contributed by atoms with Crippen molar-refractivity contribution in [2.45, 2.75) is 12.9 Å². The number of benzene rings is 3. The summed E-state index contributed by atoms with van der Waals surface area (Å²) in [6, 6.07) is 19.8. The number of hydrogen-bond acceptors (Lipinski definition) is 5. The molecule has 0 unspecified atom stereocenters. The second kappa shape index (κ2) is 8.28. The fraction of sp³-hybridized carbons (Fsp3) is 0.0909. The third-order valence-electron chi connectivity index (χ3n) is 4.28. The van der Waals surface area contributed by atoms with Crippen molar-refractivity contribution in [3.05, 3.63) is 77.9 Å². The number of anilines is 1. The van der Waals surface area contributed by atoms with Crippen molar-refractivity contribution in [3.8, 4) is 23.3 Å². The number of nitriles is 1. The zero-order valence-electron chi connectivity index (χ0n) is 15.9. The zero-order valence-corrected chi connectivity index (χ0v) is 15.9. The number of para-hydroxylation sites is 1. The lowest BCUT2D eigenvalue weighted by Gasteiger charge is -2.11. The molecule has 156 valence electrons. The number of aromatic amines is 1. The van der Waals surface area contributed by atoms with Gasteiger partial charge in [-0.3, -0.25) is 0 Å². The molecular weight excluding hydrogens is 409 g/mol. The van der Waals surface area contributed by atoms with E-state index in [2.05, 4.69) is 26.1 Å². The summed E-state index contributed by atoms with van der Waals surface area (Å²) in [6.07, 6.45) is -4.74. The van der Waals surface area contributed by atoms with Crippen molar-refractivity contribution < 1.29 is 22.6 Å². The van der Waals surface area contributed by atoms with Gasteiger partial charge < -0.3 is 19.8 Å². The van der Waals surface area contributed by atoms with Crippen molar-refractivity contribution in [2.24, 2.45) is 0 Å². The smallest absolute Gasteiger partial charge is 0.457 e. The van der Waals surface area contributed by atoms with E-state index >= 15 is 0 Å². The summed E-state index contributed by atoms with van der Waals surface area (Å²) in [4.78, 5) is 7.53. The van der Waals surface area contributed by atoms with Crippen molar-refractivity contribution in [1.29, 1.82) is 5.26 Å². The molecule has 0 saturated heterocycles. The molecule has 9 heteroatoms. The lowest BCUT2D eigenvalue weighted by molar-refractivity contribution is -0.274. The predicted octanol–water partition coefficient (Wildman–Crippen LogP) is 5.74. The normalized spacial score (nSPS) is 11.2. The monoisotopic (exact) mass is 424 g/mol. The van der Waals surface area contributed by atoms with Gasteiger partial charge in [0.1, 0.15) is 28.8 Å². The Bertz CT molecular complexity index is 1240. The minimum Gasteiger partial charge on any atom is -0.457 e. The van der Waals surface area contributed by atoms with E-state index in [-0.39, 0.29) is 5.75 Å². The Morgan fingerprint density at radius 1 is 0.968 bits per heavy atom. The Morgan fingerprint density at radius 2 is 1.71 bits per heavy atom. The van der Waals surface area contributed by atoms with Crippen LogP contribution < -0.4 is 14.8 Å². The van der Waals surface area contributed by atoms with E-state index in [0.717, 1.165) is 11.1 Å². The lowest BCUT2D eigenvalue weighted by atomic mass is 10.2. The van der Waals surface area contributed by atoms with E-state index in [1.54, 1.807) is 30.3 Å². The first kappa shape index (κ1) is 20.1. The average molecular weight is 424 g/mol. The number of rotatable bonds is 6. The highest BCUT2D eigenvalue weighted by Gasteiger charge is 2.30. The number of H-pyrrole nitrogens is 1. The van der Waals surface area contributed by atoms with Gasteiger partial charge in [0.25, 0.3) is 0 Å². The maximum Gasteiger partial charge on any atom is 0.573 e. The fourth-order valence-electron chi connectivity index (χ4n) is 2.96. The van der Waals surface area contributed by atoms with Crippen LogP contribution in [0.25, 0.3) is 11.0 Å². The van der Waals surface area contributed by atoms with Crippen LogP contribution in [0.5, 0.6) is 17.2 Å². The first-order valence-electron chi connectivity index (χ1n) is 9.15. The Balaban J connectivity index is 1.41. The molecule has 4 rings (SSSR count). The molecule has 0 saturated carbocycles. The third kappa shape index (κ3) is 5.05. The van der Waals surface area contributed by atoms with Crippen LogP contribution in [0.3, 0.4) is 0 Å². The van der Waals surface area contributed by atoms with Gasteiger partial charge in [-0.25, -0.2) is 4.98 Å². The Morgan fingerprint density at radius 3 is 2.45 bits per heavy atom. The number of aromatic nitrogens is 2. The van der Waals surface area contributed by atoms with Gasteiger partial charge in [0.05, 0.1) is 11.1 Å². The molecule has 3 aromatic carbocycles. The van der Waals surface area contributed by atoms with E-state index in [1.807, 2.05) is 12.1 Å². The molecule has 4 aromatic rings. The topological polar surface area (TPSA) is 83.0 Å². The maximum atomic E-state index is 12.2. The Labute approximate surface area is 174 Å². The summed E-state index contributed by atoms with van der Waals surface area (Å²) < 4.78 is 46.3. The summed E-state index contributed by atoms with van der Waals surface area (Å²) in [6.45, 7) is 0.442. The fourth-order valence-corrected chi connectivity index (χ4v) is 2.96. The van der Waals surface area contributed by atoms with Crippen molar-refractivity contribution in [3.63, 3.8) is 0 Å². The van der Waals surface area contributed by atoms with Crippen LogP contribution in [-0.4, -0.2) is 16.3 Å². The predicted molar refractivity (Wildman–Crippen MR) is 108 cm³/mol. The number of nitrogens with one attached hydrogen (secondary N) is 2. The molecule has 0 atom stereocenters. The summed E-state index contributed by atoms with van der Waals surface area (Å²) in [5.41, 5.74) is 2.75. The minimum absolute atomic E-state index is 0.316. The van der Waals surface area contributed by atoms with E-state index in [0.29, 0.717) is 35.1 Å². The summed E-state index contributed by atoms with van der Waals surface area (Å²) in [7, 11) is 0. The van der Waals surface area contributed by atoms with Gasteiger partial charge in [0, 0.05) is 6.54 Å². The minimum atomic E-state index is -4.74. The van der Waals surface area contributed by atoms with Gasteiger partial charge in [-0.05, 0) is 54.1 Å². The Hall–Kier alpha value is -4.19. The number of fused-ring (bicyclic) bond motifs is 1. The van der Waals surface area contributed by atoms with Crippen LogP contribution in [0, 0.1) is 11.3 Å². The molecule has 6 nitrogen and oxygen atoms in total. The number of alkyl halides is 3. The molecule has 0 aliphatic rings. The largest absolute Gasteiger partial charge is 0.573 e. The molecule has 1 heterocycles. The highest BCUT2D eigenvalue weighted by Crippen LogP contribution is 2.28. The summed E-state index contributed by atoms with van der Waals surface area (Å²) >= 11 is 0. The first-order valence-corrected chi connectivity index (χ1v) is 9.15. The number of ether oxygens (including phenoxy) is 2. The van der Waals surface area contributed by atoms with Crippen molar-refractivity contribution >= 4 is 17.0 Å². The van der Waals surface area contributed by atoms with E-state index < -0.39 is 6.36 Å². The Kier molecular flexibility index (Phi) is 5.37. The third-order valence-corrected chi connectivity index (χ3v) is 4.28. The number of halogens is 3. The van der Waals surface area contributed by atoms with Crippen LogP contribution in [0.2, 0.25) is 0 Å². The highest BCUT2D eigenvalue weighted by molar-refractivity contribution is 5.83. The maximum absolute atomic E-state index is 12.2. The molecule has 0 aliphatic heterocycles. The highest BCUT2D eigenvalue weighted by atomic mass is 19.4. The van der Waals surface area contributed by atoms with Gasteiger partial charge in [0.15, 0.2) is 0 Å². The standard InChI is InChI=1S/C22H15F3N4O2/c23-22(24,25)31-17-9-7-16(8-10-17)30-18-5-1-3-14(11-18)13-27-21-28-19-6-2-4-15(12-26)20(19)29-21/h1-11H,13H2,(H2,27,28,29). The second-order valence-electron chi connectivity index (χ2n) is 6.52. The van der Waals surface area contributed by atoms with Gasteiger partial charge in [-0.1, -0.05) is 18.2 Å². The molecule has 1 aromatic heterocycles. The summed E-state index contributed by atoms with van der Waals surface area (Å²) in [5, 5.41) is 12.3. The lowest BCUT2D eigenvalue weighted by Crippen LogP contribution is -2.16. The molecule has 0 radical (unpaired) electrons. The van der Waals surface area contributed by atoms with Crippen LogP contribution in [0.4, 0.5) is 19.1 Å². The van der Waals surface area contributed by atoms with Crippen LogP contribution in [0.15, 0.2) is 66.7 Å². The van der Waals surface area contributed by atoms with Crippen LogP contribution in [0.1, 0.15) is 11.1 Å². The van der Waals surface area contributed by atoms with Crippen molar-refractivity contribution in [2.75, 3.05) is 5.32 Å². The SMILES string of the molecule is N#Cc1cccc2[nH]c(NCc3cccc(Oc4ccc(OC(F)(F)F)cc4)c3)nc12. The number of imidazole rings is 1. The van der Waals surface area contributed by atoms with Gasteiger partial charge in [-0.15, -0.1) is 13.2 Å². The molecule has 0 fully saturated rings. The molecule has 0 amide bonds. The van der Waals surface area contributed by atoms with E-state index in [4.69, 9.17) is 4.74 Å². The van der Waals surface area contributed by atoms with Crippen LogP contribution >= 0.6 is 0 Å². The molecule has 31 heavy (non-hydrogen) atoms. The zero-order chi connectivity index (χ0) is 21.8. The molecule has 0 bridgehead atoms.